The van der Waals surface area contributed by atoms with E-state index in [1.165, 1.54) is 19.3 Å². The average Bonchev–Trinajstić information content (AvgIpc) is 2.30. The minimum atomic E-state index is 0.515. The Bertz CT molecular complexity index is 337. The van der Waals surface area contributed by atoms with Crippen LogP contribution >= 0.6 is 11.6 Å². The number of rotatable bonds is 3. The van der Waals surface area contributed by atoms with Gasteiger partial charge in [0.25, 0.3) is 0 Å². The first-order valence-electron chi connectivity index (χ1n) is 5.74. The molecular weight excluding hydrogens is 224 g/mol. The Kier molecular flexibility index (Phi) is 3.96. The van der Waals surface area contributed by atoms with Crippen molar-refractivity contribution in [3.8, 4) is 0 Å². The summed E-state index contributed by atoms with van der Waals surface area (Å²) in [6.45, 7) is 7.67. The molecule has 2 heterocycles. The van der Waals surface area contributed by atoms with E-state index in [0.717, 1.165) is 32.0 Å². The fourth-order valence-corrected chi connectivity index (χ4v) is 2.16. The summed E-state index contributed by atoms with van der Waals surface area (Å²) >= 11 is 5.85. The Balaban J connectivity index is 1.94. The number of nitrogens with zero attached hydrogens (tertiary/aromatic N) is 4. The highest BCUT2D eigenvalue weighted by Crippen LogP contribution is 2.15. The van der Waals surface area contributed by atoms with Crippen LogP contribution in [0.3, 0.4) is 0 Å². The molecule has 5 heteroatoms. The summed E-state index contributed by atoms with van der Waals surface area (Å²) in [5.74, 6) is 0.941. The van der Waals surface area contributed by atoms with E-state index >= 15 is 0 Å². The molecule has 16 heavy (non-hydrogen) atoms. The predicted molar refractivity (Wildman–Crippen MR) is 66.0 cm³/mol. The van der Waals surface area contributed by atoms with Gasteiger partial charge in [-0.15, -0.1) is 0 Å². The summed E-state index contributed by atoms with van der Waals surface area (Å²) in [6, 6.07) is 1.83. The Labute approximate surface area is 101 Å². The normalized spacial score (nSPS) is 17.8. The third-order valence-electron chi connectivity index (χ3n) is 2.86. The van der Waals surface area contributed by atoms with Crippen LogP contribution in [0.4, 0.5) is 5.82 Å². The zero-order chi connectivity index (χ0) is 11.4. The van der Waals surface area contributed by atoms with Gasteiger partial charge in [0, 0.05) is 32.2 Å². The Hall–Kier alpha value is -0.870. The van der Waals surface area contributed by atoms with Crippen molar-refractivity contribution in [3.05, 3.63) is 17.5 Å². The third kappa shape index (κ3) is 2.83. The van der Waals surface area contributed by atoms with Crippen LogP contribution in [0.25, 0.3) is 0 Å². The second-order valence-corrected chi connectivity index (χ2v) is 4.41. The molecule has 0 aromatic carbocycles. The molecule has 0 unspecified atom stereocenters. The van der Waals surface area contributed by atoms with Crippen LogP contribution in [0.1, 0.15) is 13.3 Å². The van der Waals surface area contributed by atoms with Crippen molar-refractivity contribution >= 4 is 17.4 Å². The molecule has 0 atom stereocenters. The van der Waals surface area contributed by atoms with Crippen molar-refractivity contribution in [2.45, 2.75) is 13.3 Å². The van der Waals surface area contributed by atoms with Gasteiger partial charge in [-0.1, -0.05) is 18.5 Å². The maximum Gasteiger partial charge on any atom is 0.134 e. The van der Waals surface area contributed by atoms with Crippen LogP contribution in [-0.2, 0) is 0 Å². The van der Waals surface area contributed by atoms with Gasteiger partial charge in [-0.25, -0.2) is 9.97 Å². The molecular formula is C11H17ClN4. The molecule has 0 saturated carbocycles. The van der Waals surface area contributed by atoms with Crippen molar-refractivity contribution in [1.29, 1.82) is 0 Å². The number of hydrogen-bond acceptors (Lipinski definition) is 4. The molecule has 0 aliphatic carbocycles. The molecule has 1 saturated heterocycles. The predicted octanol–water partition coefficient (Wildman–Crippen LogP) is 1.66. The largest absolute Gasteiger partial charge is 0.354 e. The van der Waals surface area contributed by atoms with Crippen LogP contribution in [0, 0.1) is 0 Å². The van der Waals surface area contributed by atoms with E-state index in [-0.39, 0.29) is 0 Å². The molecule has 0 bridgehead atoms. The first-order chi connectivity index (χ1) is 7.79. The van der Waals surface area contributed by atoms with E-state index in [2.05, 4.69) is 26.7 Å². The highest BCUT2D eigenvalue weighted by molar-refractivity contribution is 6.29. The van der Waals surface area contributed by atoms with Gasteiger partial charge in [-0.3, -0.25) is 4.90 Å². The lowest BCUT2D eigenvalue weighted by molar-refractivity contribution is 0.258. The molecule has 0 amide bonds. The molecule has 0 radical (unpaired) electrons. The smallest absolute Gasteiger partial charge is 0.134 e. The van der Waals surface area contributed by atoms with Crippen LogP contribution in [0.2, 0.25) is 5.15 Å². The monoisotopic (exact) mass is 240 g/mol. The summed E-state index contributed by atoms with van der Waals surface area (Å²) in [6.07, 6.45) is 2.75. The lowest BCUT2D eigenvalue weighted by Gasteiger charge is -2.35. The second kappa shape index (κ2) is 5.46. The average molecular weight is 241 g/mol. The molecule has 1 aliphatic rings. The fourth-order valence-electron chi connectivity index (χ4n) is 2.01. The highest BCUT2D eigenvalue weighted by atomic mass is 35.5. The molecule has 2 rings (SSSR count). The van der Waals surface area contributed by atoms with Gasteiger partial charge in [0.1, 0.15) is 17.3 Å². The molecule has 1 aromatic rings. The maximum atomic E-state index is 5.85. The minimum absolute atomic E-state index is 0.515. The summed E-state index contributed by atoms with van der Waals surface area (Å²) in [4.78, 5) is 12.9. The maximum absolute atomic E-state index is 5.85. The Morgan fingerprint density at radius 2 is 2.00 bits per heavy atom. The number of anilines is 1. The van der Waals surface area contributed by atoms with Crippen molar-refractivity contribution in [3.63, 3.8) is 0 Å². The molecule has 1 aliphatic heterocycles. The Morgan fingerprint density at radius 1 is 1.25 bits per heavy atom. The Morgan fingerprint density at radius 3 is 2.62 bits per heavy atom. The van der Waals surface area contributed by atoms with E-state index in [1.54, 1.807) is 0 Å². The topological polar surface area (TPSA) is 32.3 Å². The number of halogens is 1. The highest BCUT2D eigenvalue weighted by Gasteiger charge is 2.17. The van der Waals surface area contributed by atoms with Gasteiger partial charge in [0.15, 0.2) is 0 Å². The van der Waals surface area contributed by atoms with Crippen LogP contribution in [-0.4, -0.2) is 47.6 Å². The van der Waals surface area contributed by atoms with Crippen molar-refractivity contribution in [1.82, 2.24) is 14.9 Å². The van der Waals surface area contributed by atoms with Gasteiger partial charge in [0.2, 0.25) is 0 Å². The summed E-state index contributed by atoms with van der Waals surface area (Å²) in [5, 5.41) is 0.515. The lowest BCUT2D eigenvalue weighted by Crippen LogP contribution is -2.46. The SMILES string of the molecule is CCCN1CCN(c2cc(Cl)ncn2)CC1. The van der Waals surface area contributed by atoms with E-state index in [9.17, 15) is 0 Å². The molecule has 0 N–H and O–H groups in total. The molecule has 88 valence electrons. The zero-order valence-electron chi connectivity index (χ0n) is 9.56. The van der Waals surface area contributed by atoms with E-state index in [0.29, 0.717) is 5.15 Å². The number of piperazine rings is 1. The van der Waals surface area contributed by atoms with Crippen LogP contribution in [0.5, 0.6) is 0 Å². The first kappa shape index (κ1) is 11.6. The van der Waals surface area contributed by atoms with Gasteiger partial charge >= 0.3 is 0 Å². The summed E-state index contributed by atoms with van der Waals surface area (Å²) < 4.78 is 0. The molecule has 1 aromatic heterocycles. The second-order valence-electron chi connectivity index (χ2n) is 4.03. The van der Waals surface area contributed by atoms with Gasteiger partial charge in [0.05, 0.1) is 0 Å². The van der Waals surface area contributed by atoms with E-state index < -0.39 is 0 Å². The first-order valence-corrected chi connectivity index (χ1v) is 6.12. The van der Waals surface area contributed by atoms with Crippen molar-refractivity contribution in [2.75, 3.05) is 37.6 Å². The zero-order valence-corrected chi connectivity index (χ0v) is 10.3. The minimum Gasteiger partial charge on any atom is -0.354 e. The summed E-state index contributed by atoms with van der Waals surface area (Å²) in [7, 11) is 0. The van der Waals surface area contributed by atoms with Gasteiger partial charge in [-0.05, 0) is 13.0 Å². The quantitative estimate of drug-likeness (QED) is 0.753. The van der Waals surface area contributed by atoms with Gasteiger partial charge < -0.3 is 4.90 Å². The van der Waals surface area contributed by atoms with Crippen molar-refractivity contribution in [2.24, 2.45) is 0 Å². The van der Waals surface area contributed by atoms with Crippen molar-refractivity contribution < 1.29 is 0 Å². The standard InChI is InChI=1S/C11H17ClN4/c1-2-3-15-4-6-16(7-5-15)11-8-10(12)13-9-14-11/h8-9H,2-7H2,1H3. The summed E-state index contributed by atoms with van der Waals surface area (Å²) in [5.41, 5.74) is 0. The van der Waals surface area contributed by atoms with E-state index in [1.807, 2.05) is 6.07 Å². The van der Waals surface area contributed by atoms with Crippen LogP contribution < -0.4 is 4.90 Å². The molecule has 4 nitrogen and oxygen atoms in total. The molecule has 1 fully saturated rings. The third-order valence-corrected chi connectivity index (χ3v) is 3.06. The number of hydrogen-bond donors (Lipinski definition) is 0. The number of aromatic nitrogens is 2. The lowest BCUT2D eigenvalue weighted by atomic mass is 10.3. The van der Waals surface area contributed by atoms with Gasteiger partial charge in [-0.2, -0.15) is 0 Å². The molecule has 0 spiro atoms. The van der Waals surface area contributed by atoms with Crippen LogP contribution in [0.15, 0.2) is 12.4 Å². The fraction of sp³-hybridized carbons (Fsp3) is 0.636. The van der Waals surface area contributed by atoms with E-state index in [4.69, 9.17) is 11.6 Å².